The minimum atomic E-state index is 0.00149. The molecular weight excluding hydrogens is 318 g/mol. The molecule has 1 aromatic heterocycles. The van der Waals surface area contributed by atoms with Gasteiger partial charge in [-0.2, -0.15) is 0 Å². The predicted octanol–water partition coefficient (Wildman–Crippen LogP) is 2.89. The van der Waals surface area contributed by atoms with Gasteiger partial charge in [-0.15, -0.1) is 0 Å². The lowest BCUT2D eigenvalue weighted by atomic mass is 10.1. The van der Waals surface area contributed by atoms with Crippen LogP contribution in [0.1, 0.15) is 29.9 Å². The normalized spacial score (nSPS) is 14.0. The molecule has 0 aliphatic heterocycles. The van der Waals surface area contributed by atoms with Crippen LogP contribution in [-0.4, -0.2) is 38.1 Å². The molecule has 0 amide bonds. The van der Waals surface area contributed by atoms with Gasteiger partial charge in [0.15, 0.2) is 0 Å². The van der Waals surface area contributed by atoms with E-state index in [9.17, 15) is 4.79 Å². The number of aromatic nitrogens is 1. The van der Waals surface area contributed by atoms with Crippen LogP contribution in [0.4, 0.5) is 0 Å². The van der Waals surface area contributed by atoms with E-state index in [1.807, 2.05) is 36.5 Å². The summed E-state index contributed by atoms with van der Waals surface area (Å²) in [7, 11) is 1.65. The maximum absolute atomic E-state index is 12.1. The molecule has 0 N–H and O–H groups in total. The van der Waals surface area contributed by atoms with Crippen molar-refractivity contribution < 1.29 is 14.2 Å². The Kier molecular flexibility index (Phi) is 6.39. The van der Waals surface area contributed by atoms with E-state index in [4.69, 9.17) is 14.2 Å². The highest BCUT2D eigenvalue weighted by Gasteiger charge is 2.24. The maximum atomic E-state index is 12.1. The zero-order valence-corrected chi connectivity index (χ0v) is 14.6. The standard InChI is InChI=1S/C20H25NO4/c1-23-10-11-24-12-13-25-15-16-2-7-19(8-3-16)21-14-18(17-4-5-17)6-9-20(21)22/h2-3,6-9,14,17H,4-5,10-13,15H2,1H3. The van der Waals surface area contributed by atoms with Crippen LogP contribution in [0.5, 0.6) is 0 Å². The van der Waals surface area contributed by atoms with Gasteiger partial charge in [0.25, 0.3) is 5.56 Å². The molecule has 3 rings (SSSR count). The molecule has 1 aliphatic carbocycles. The van der Waals surface area contributed by atoms with Crippen LogP contribution < -0.4 is 5.56 Å². The average molecular weight is 343 g/mol. The molecule has 2 aromatic rings. The Bertz CT molecular complexity index is 719. The second-order valence-electron chi connectivity index (χ2n) is 6.27. The highest BCUT2D eigenvalue weighted by Crippen LogP contribution is 2.39. The van der Waals surface area contributed by atoms with Crippen LogP contribution in [0.3, 0.4) is 0 Å². The third kappa shape index (κ3) is 5.26. The fourth-order valence-electron chi connectivity index (χ4n) is 2.67. The lowest BCUT2D eigenvalue weighted by Gasteiger charge is -2.09. The summed E-state index contributed by atoms with van der Waals surface area (Å²) < 4.78 is 17.6. The Morgan fingerprint density at radius 3 is 2.40 bits per heavy atom. The Balaban J connectivity index is 1.52. The van der Waals surface area contributed by atoms with Crippen LogP contribution in [0.15, 0.2) is 47.4 Å². The summed E-state index contributed by atoms with van der Waals surface area (Å²) in [5, 5.41) is 0. The van der Waals surface area contributed by atoms with Crippen LogP contribution in [0.25, 0.3) is 5.69 Å². The third-order valence-electron chi connectivity index (χ3n) is 4.27. The first-order valence-electron chi connectivity index (χ1n) is 8.74. The number of methoxy groups -OCH3 is 1. The Hall–Kier alpha value is -1.95. The molecule has 0 bridgehead atoms. The van der Waals surface area contributed by atoms with Gasteiger partial charge in [-0.05, 0) is 42.0 Å². The first-order chi connectivity index (χ1) is 12.3. The van der Waals surface area contributed by atoms with E-state index < -0.39 is 0 Å². The van der Waals surface area contributed by atoms with Gasteiger partial charge in [0.2, 0.25) is 0 Å². The molecule has 25 heavy (non-hydrogen) atoms. The van der Waals surface area contributed by atoms with Crippen molar-refractivity contribution in [2.75, 3.05) is 33.5 Å². The molecule has 5 nitrogen and oxygen atoms in total. The second kappa shape index (κ2) is 8.94. The molecule has 1 aromatic carbocycles. The fourth-order valence-corrected chi connectivity index (χ4v) is 2.67. The molecule has 5 heteroatoms. The maximum Gasteiger partial charge on any atom is 0.255 e. The number of hydrogen-bond donors (Lipinski definition) is 0. The third-order valence-corrected chi connectivity index (χ3v) is 4.27. The van der Waals surface area contributed by atoms with E-state index in [2.05, 4.69) is 0 Å². The van der Waals surface area contributed by atoms with Crippen LogP contribution in [-0.2, 0) is 20.8 Å². The van der Waals surface area contributed by atoms with Crippen molar-refractivity contribution in [3.63, 3.8) is 0 Å². The fraction of sp³-hybridized carbons (Fsp3) is 0.450. The summed E-state index contributed by atoms with van der Waals surface area (Å²) in [4.78, 5) is 12.1. The van der Waals surface area contributed by atoms with Gasteiger partial charge in [-0.25, -0.2) is 0 Å². The van der Waals surface area contributed by atoms with Gasteiger partial charge in [0, 0.05) is 25.1 Å². The number of rotatable bonds is 10. The highest BCUT2D eigenvalue weighted by atomic mass is 16.5. The number of ether oxygens (including phenoxy) is 3. The van der Waals surface area contributed by atoms with E-state index in [0.717, 1.165) is 11.3 Å². The average Bonchev–Trinajstić information content (AvgIpc) is 3.47. The molecule has 134 valence electrons. The van der Waals surface area contributed by atoms with Gasteiger partial charge < -0.3 is 14.2 Å². The van der Waals surface area contributed by atoms with Crippen molar-refractivity contribution in [1.29, 1.82) is 0 Å². The minimum Gasteiger partial charge on any atom is -0.382 e. The van der Waals surface area contributed by atoms with Gasteiger partial charge in [-0.1, -0.05) is 18.2 Å². The molecule has 1 fully saturated rings. The highest BCUT2D eigenvalue weighted by molar-refractivity contribution is 5.36. The van der Waals surface area contributed by atoms with E-state index in [-0.39, 0.29) is 5.56 Å². The van der Waals surface area contributed by atoms with E-state index >= 15 is 0 Å². The van der Waals surface area contributed by atoms with Gasteiger partial charge in [0.1, 0.15) is 0 Å². The molecular formula is C20H25NO4. The Morgan fingerprint density at radius 1 is 0.960 bits per heavy atom. The lowest BCUT2D eigenvalue weighted by molar-refractivity contribution is 0.0199. The van der Waals surface area contributed by atoms with Crippen molar-refractivity contribution in [2.24, 2.45) is 0 Å². The van der Waals surface area contributed by atoms with Crippen molar-refractivity contribution in [2.45, 2.75) is 25.4 Å². The Labute approximate surface area is 148 Å². The number of benzene rings is 1. The summed E-state index contributed by atoms with van der Waals surface area (Å²) in [5.74, 6) is 0.630. The molecule has 0 unspecified atom stereocenters. The predicted molar refractivity (Wildman–Crippen MR) is 96.4 cm³/mol. The van der Waals surface area contributed by atoms with Crippen molar-refractivity contribution in [1.82, 2.24) is 4.57 Å². The summed E-state index contributed by atoms with van der Waals surface area (Å²) >= 11 is 0. The number of pyridine rings is 1. The topological polar surface area (TPSA) is 49.7 Å². The zero-order valence-electron chi connectivity index (χ0n) is 14.6. The summed E-state index contributed by atoms with van der Waals surface area (Å²) in [6, 6.07) is 11.5. The van der Waals surface area contributed by atoms with Crippen LogP contribution in [0.2, 0.25) is 0 Å². The van der Waals surface area contributed by atoms with Crippen molar-refractivity contribution in [3.8, 4) is 5.69 Å². The molecule has 1 heterocycles. The number of nitrogens with zero attached hydrogens (tertiary/aromatic N) is 1. The molecule has 1 aliphatic rings. The molecule has 0 spiro atoms. The van der Waals surface area contributed by atoms with Gasteiger partial charge >= 0.3 is 0 Å². The summed E-state index contributed by atoms with van der Waals surface area (Å²) in [6.45, 7) is 2.83. The molecule has 0 atom stereocenters. The molecule has 0 radical (unpaired) electrons. The van der Waals surface area contributed by atoms with E-state index in [1.54, 1.807) is 17.7 Å². The van der Waals surface area contributed by atoms with Crippen LogP contribution in [0, 0.1) is 0 Å². The summed E-state index contributed by atoms with van der Waals surface area (Å²) in [5.41, 5.74) is 3.22. The van der Waals surface area contributed by atoms with Gasteiger partial charge in [-0.3, -0.25) is 9.36 Å². The number of hydrogen-bond acceptors (Lipinski definition) is 4. The quantitative estimate of drug-likeness (QED) is 0.623. The zero-order chi connectivity index (χ0) is 17.5. The smallest absolute Gasteiger partial charge is 0.255 e. The first-order valence-corrected chi connectivity index (χ1v) is 8.74. The van der Waals surface area contributed by atoms with E-state index in [1.165, 1.54) is 18.4 Å². The Morgan fingerprint density at radius 2 is 1.68 bits per heavy atom. The summed E-state index contributed by atoms with van der Waals surface area (Å²) in [6.07, 6.45) is 4.43. The molecule has 1 saturated carbocycles. The second-order valence-corrected chi connectivity index (χ2v) is 6.27. The SMILES string of the molecule is COCCOCCOCc1ccc(-n2cc(C3CC3)ccc2=O)cc1. The van der Waals surface area contributed by atoms with Gasteiger partial charge in [0.05, 0.1) is 33.0 Å². The van der Waals surface area contributed by atoms with Crippen LogP contribution >= 0.6 is 0 Å². The molecule has 0 saturated heterocycles. The van der Waals surface area contributed by atoms with Crippen molar-refractivity contribution >= 4 is 0 Å². The largest absolute Gasteiger partial charge is 0.382 e. The van der Waals surface area contributed by atoms with Crippen molar-refractivity contribution in [3.05, 3.63) is 64.1 Å². The van der Waals surface area contributed by atoms with E-state index in [0.29, 0.717) is 39.0 Å². The lowest BCUT2D eigenvalue weighted by Crippen LogP contribution is -2.17. The monoisotopic (exact) mass is 343 g/mol. The minimum absolute atomic E-state index is 0.00149. The first kappa shape index (κ1) is 17.9.